The number of rotatable bonds is 7. The van der Waals surface area contributed by atoms with E-state index in [-0.39, 0.29) is 18.7 Å². The second kappa shape index (κ2) is 7.53. The molecular weight excluding hydrogens is 258 g/mol. The summed E-state index contributed by atoms with van der Waals surface area (Å²) in [5.74, 6) is -0.388. The van der Waals surface area contributed by atoms with Gasteiger partial charge in [0.1, 0.15) is 12.4 Å². The standard InChI is InChI=1S/C15H21NO4/c1-10-4-5-11(2)15(12(10)3)20-9-8-16-13(17)6-7-14(18)19/h4-5H,6-9H2,1-3H3,(H,16,17)(H,18,19). The maximum absolute atomic E-state index is 11.3. The smallest absolute Gasteiger partial charge is 0.303 e. The lowest BCUT2D eigenvalue weighted by atomic mass is 10.1. The molecule has 0 aliphatic rings. The van der Waals surface area contributed by atoms with Crippen LogP contribution >= 0.6 is 0 Å². The summed E-state index contributed by atoms with van der Waals surface area (Å²) in [5.41, 5.74) is 3.32. The number of aliphatic carboxylic acids is 1. The molecule has 0 aromatic heterocycles. The summed E-state index contributed by atoms with van der Waals surface area (Å²) in [6, 6.07) is 4.05. The van der Waals surface area contributed by atoms with Gasteiger partial charge in [0.25, 0.3) is 0 Å². The third-order valence-electron chi connectivity index (χ3n) is 3.11. The molecule has 0 atom stereocenters. The normalized spacial score (nSPS) is 10.2. The summed E-state index contributed by atoms with van der Waals surface area (Å²) in [6.45, 7) is 6.74. The van der Waals surface area contributed by atoms with Gasteiger partial charge in [-0.05, 0) is 37.5 Å². The van der Waals surface area contributed by atoms with Crippen LogP contribution in [0.3, 0.4) is 0 Å². The Bertz CT molecular complexity index is 497. The van der Waals surface area contributed by atoms with Crippen LogP contribution < -0.4 is 10.1 Å². The SMILES string of the molecule is Cc1ccc(C)c(OCCNC(=O)CCC(=O)O)c1C. The number of benzene rings is 1. The van der Waals surface area contributed by atoms with Gasteiger partial charge in [0, 0.05) is 6.42 Å². The van der Waals surface area contributed by atoms with E-state index in [1.807, 2.05) is 32.9 Å². The minimum absolute atomic E-state index is 0.00215. The molecular formula is C15H21NO4. The molecule has 0 bridgehead atoms. The fourth-order valence-corrected chi connectivity index (χ4v) is 1.80. The number of carbonyl (C=O) groups is 2. The van der Waals surface area contributed by atoms with Crippen molar-refractivity contribution in [3.8, 4) is 5.75 Å². The number of hydrogen-bond acceptors (Lipinski definition) is 3. The first-order chi connectivity index (χ1) is 9.41. The summed E-state index contributed by atoms with van der Waals surface area (Å²) >= 11 is 0. The Morgan fingerprint density at radius 3 is 2.45 bits per heavy atom. The Balaban J connectivity index is 2.37. The first kappa shape index (κ1) is 16.0. The first-order valence-electron chi connectivity index (χ1n) is 6.60. The molecule has 0 unspecified atom stereocenters. The molecule has 110 valence electrons. The maximum Gasteiger partial charge on any atom is 0.303 e. The van der Waals surface area contributed by atoms with Crippen LogP contribution in [0.5, 0.6) is 5.75 Å². The van der Waals surface area contributed by atoms with E-state index in [2.05, 4.69) is 5.32 Å². The van der Waals surface area contributed by atoms with Crippen molar-refractivity contribution in [3.05, 3.63) is 28.8 Å². The van der Waals surface area contributed by atoms with Gasteiger partial charge in [0.05, 0.1) is 13.0 Å². The highest BCUT2D eigenvalue weighted by atomic mass is 16.5. The Morgan fingerprint density at radius 1 is 1.15 bits per heavy atom. The van der Waals surface area contributed by atoms with E-state index in [0.29, 0.717) is 13.2 Å². The van der Waals surface area contributed by atoms with Crippen molar-refractivity contribution in [2.24, 2.45) is 0 Å². The minimum Gasteiger partial charge on any atom is -0.491 e. The fourth-order valence-electron chi connectivity index (χ4n) is 1.80. The third kappa shape index (κ3) is 4.91. The zero-order valence-corrected chi connectivity index (χ0v) is 12.2. The molecule has 1 aromatic carbocycles. The van der Waals surface area contributed by atoms with E-state index in [4.69, 9.17) is 9.84 Å². The molecule has 0 heterocycles. The van der Waals surface area contributed by atoms with Crippen LogP contribution in [0, 0.1) is 20.8 Å². The number of carbonyl (C=O) groups excluding carboxylic acids is 1. The largest absolute Gasteiger partial charge is 0.491 e. The topological polar surface area (TPSA) is 75.6 Å². The number of carboxylic acids is 1. The van der Waals surface area contributed by atoms with Crippen molar-refractivity contribution in [3.63, 3.8) is 0 Å². The van der Waals surface area contributed by atoms with Gasteiger partial charge in [-0.3, -0.25) is 9.59 Å². The lowest BCUT2D eigenvalue weighted by molar-refractivity contribution is -0.138. The van der Waals surface area contributed by atoms with Gasteiger partial charge in [-0.15, -0.1) is 0 Å². The number of ether oxygens (including phenoxy) is 1. The van der Waals surface area contributed by atoms with E-state index in [1.54, 1.807) is 0 Å². The molecule has 0 fully saturated rings. The third-order valence-corrected chi connectivity index (χ3v) is 3.11. The van der Waals surface area contributed by atoms with Gasteiger partial charge in [-0.2, -0.15) is 0 Å². The highest BCUT2D eigenvalue weighted by Crippen LogP contribution is 2.25. The second-order valence-electron chi connectivity index (χ2n) is 4.75. The number of nitrogens with one attached hydrogen (secondary N) is 1. The highest BCUT2D eigenvalue weighted by Gasteiger charge is 2.07. The quantitative estimate of drug-likeness (QED) is 0.748. The molecule has 5 nitrogen and oxygen atoms in total. The van der Waals surface area contributed by atoms with Gasteiger partial charge in [-0.1, -0.05) is 12.1 Å². The summed E-state index contributed by atoms with van der Waals surface area (Å²) in [4.78, 5) is 21.6. The van der Waals surface area contributed by atoms with Gasteiger partial charge in [0.2, 0.25) is 5.91 Å². The lowest BCUT2D eigenvalue weighted by Gasteiger charge is -2.14. The number of amides is 1. The van der Waals surface area contributed by atoms with Crippen molar-refractivity contribution in [1.82, 2.24) is 5.32 Å². The van der Waals surface area contributed by atoms with Crippen molar-refractivity contribution in [2.75, 3.05) is 13.2 Å². The number of hydrogen-bond donors (Lipinski definition) is 2. The number of aryl methyl sites for hydroxylation is 2. The lowest BCUT2D eigenvalue weighted by Crippen LogP contribution is -2.28. The molecule has 0 aliphatic carbocycles. The minimum atomic E-state index is -0.970. The molecule has 20 heavy (non-hydrogen) atoms. The predicted octanol–water partition coefficient (Wildman–Crippen LogP) is 1.97. The highest BCUT2D eigenvalue weighted by molar-refractivity contribution is 5.80. The van der Waals surface area contributed by atoms with Crippen molar-refractivity contribution in [1.29, 1.82) is 0 Å². The predicted molar refractivity (Wildman–Crippen MR) is 76.0 cm³/mol. The Hall–Kier alpha value is -2.04. The van der Waals surface area contributed by atoms with Crippen LogP contribution in [-0.2, 0) is 9.59 Å². The molecule has 2 N–H and O–H groups in total. The van der Waals surface area contributed by atoms with Crippen LogP contribution in [0.4, 0.5) is 0 Å². The average Bonchev–Trinajstić information content (AvgIpc) is 2.40. The van der Waals surface area contributed by atoms with Crippen molar-refractivity contribution < 1.29 is 19.4 Å². The van der Waals surface area contributed by atoms with Gasteiger partial charge in [0.15, 0.2) is 0 Å². The second-order valence-corrected chi connectivity index (χ2v) is 4.75. The zero-order valence-electron chi connectivity index (χ0n) is 12.2. The van der Waals surface area contributed by atoms with Crippen LogP contribution in [0.1, 0.15) is 29.5 Å². The van der Waals surface area contributed by atoms with Crippen molar-refractivity contribution in [2.45, 2.75) is 33.6 Å². The monoisotopic (exact) mass is 279 g/mol. The Morgan fingerprint density at radius 2 is 1.80 bits per heavy atom. The van der Waals surface area contributed by atoms with E-state index >= 15 is 0 Å². The average molecular weight is 279 g/mol. The zero-order chi connectivity index (χ0) is 15.1. The molecule has 0 saturated heterocycles. The Labute approximate surface area is 118 Å². The van der Waals surface area contributed by atoms with Crippen LogP contribution in [-0.4, -0.2) is 30.1 Å². The van der Waals surface area contributed by atoms with Crippen LogP contribution in [0.15, 0.2) is 12.1 Å². The van der Waals surface area contributed by atoms with Gasteiger partial charge >= 0.3 is 5.97 Å². The van der Waals surface area contributed by atoms with Crippen LogP contribution in [0.2, 0.25) is 0 Å². The van der Waals surface area contributed by atoms with Crippen molar-refractivity contribution >= 4 is 11.9 Å². The molecule has 5 heteroatoms. The van der Waals surface area contributed by atoms with Gasteiger partial charge in [-0.25, -0.2) is 0 Å². The molecule has 0 aliphatic heterocycles. The summed E-state index contributed by atoms with van der Waals surface area (Å²) < 4.78 is 5.69. The Kier molecular flexibility index (Phi) is 6.03. The molecule has 1 aromatic rings. The summed E-state index contributed by atoms with van der Waals surface area (Å²) in [5, 5.41) is 11.1. The molecule has 0 spiro atoms. The van der Waals surface area contributed by atoms with Crippen LogP contribution in [0.25, 0.3) is 0 Å². The van der Waals surface area contributed by atoms with E-state index in [0.717, 1.165) is 22.4 Å². The summed E-state index contributed by atoms with van der Waals surface area (Å²) in [6.07, 6.45) is -0.152. The van der Waals surface area contributed by atoms with Gasteiger partial charge < -0.3 is 15.2 Å². The molecule has 0 saturated carbocycles. The summed E-state index contributed by atoms with van der Waals surface area (Å²) in [7, 11) is 0. The molecule has 1 rings (SSSR count). The number of carboxylic acid groups (broad SMARTS) is 1. The fraction of sp³-hybridized carbons (Fsp3) is 0.467. The maximum atomic E-state index is 11.3. The first-order valence-corrected chi connectivity index (χ1v) is 6.60. The van der Waals surface area contributed by atoms with E-state index in [1.165, 1.54) is 0 Å². The molecule has 0 radical (unpaired) electrons. The molecule has 1 amide bonds. The van der Waals surface area contributed by atoms with E-state index in [9.17, 15) is 9.59 Å². The van der Waals surface area contributed by atoms with E-state index < -0.39 is 5.97 Å².